The summed E-state index contributed by atoms with van der Waals surface area (Å²) < 4.78 is 31.2. The van der Waals surface area contributed by atoms with Crippen LogP contribution in [0.15, 0.2) is 23.1 Å². The largest absolute Gasteiger partial charge is 0.480 e. The number of ether oxygens (including phenoxy) is 1. The second kappa shape index (κ2) is 6.51. The van der Waals surface area contributed by atoms with Crippen molar-refractivity contribution in [2.75, 3.05) is 13.7 Å². The maximum Gasteiger partial charge on any atom is 0.325 e. The predicted molar refractivity (Wildman–Crippen MR) is 86.5 cm³/mol. The van der Waals surface area contributed by atoms with Gasteiger partial charge in [-0.05, 0) is 31.5 Å². The van der Waals surface area contributed by atoms with Gasteiger partial charge in [0.2, 0.25) is 10.0 Å². The number of hydrogen-bond donors (Lipinski definition) is 1. The van der Waals surface area contributed by atoms with Gasteiger partial charge in [-0.15, -0.1) is 0 Å². The van der Waals surface area contributed by atoms with E-state index >= 15 is 0 Å². The summed E-state index contributed by atoms with van der Waals surface area (Å²) in [6.07, 6.45) is 0.0308. The van der Waals surface area contributed by atoms with Gasteiger partial charge in [0.15, 0.2) is 0 Å². The normalized spacial score (nSPS) is 24.8. The Labute approximate surface area is 149 Å². The maximum absolute atomic E-state index is 12.9. The van der Waals surface area contributed by atoms with Crippen LogP contribution in [0.5, 0.6) is 0 Å². The van der Waals surface area contributed by atoms with Gasteiger partial charge in [-0.25, -0.2) is 8.42 Å². The average Bonchev–Trinajstić information content (AvgIpc) is 2.85. The third kappa shape index (κ3) is 2.99. The topological polar surface area (TPSA) is 101 Å². The zero-order valence-corrected chi connectivity index (χ0v) is 15.2. The number of rotatable bonds is 4. The molecule has 1 aliphatic heterocycles. The first kappa shape index (κ1) is 19.0. The number of carbonyl (C=O) groups is 2. The van der Waals surface area contributed by atoms with Gasteiger partial charge in [0, 0.05) is 16.6 Å². The number of hydrogen-bond acceptors (Lipinski definition) is 5. The minimum atomic E-state index is -4.24. The third-order valence-electron chi connectivity index (χ3n) is 4.16. The van der Waals surface area contributed by atoms with Gasteiger partial charge in [0.1, 0.15) is 5.54 Å². The highest BCUT2D eigenvalue weighted by Gasteiger charge is 2.59. The van der Waals surface area contributed by atoms with E-state index < -0.39 is 33.4 Å². The number of carboxylic acids is 1. The smallest absolute Gasteiger partial charge is 0.325 e. The van der Waals surface area contributed by atoms with Crippen LogP contribution in [0.1, 0.15) is 13.3 Å². The van der Waals surface area contributed by atoms with Gasteiger partial charge in [-0.2, -0.15) is 4.31 Å². The first-order chi connectivity index (χ1) is 11.0. The summed E-state index contributed by atoms with van der Waals surface area (Å²) in [6, 6.07) is 3.72. The summed E-state index contributed by atoms with van der Waals surface area (Å²) in [5, 5.41) is 9.81. The highest BCUT2D eigenvalue weighted by atomic mass is 35.5. The molecule has 10 heteroatoms. The summed E-state index contributed by atoms with van der Waals surface area (Å²) in [6.45, 7) is 1.04. The highest BCUT2D eigenvalue weighted by Crippen LogP contribution is 2.40. The van der Waals surface area contributed by atoms with Crippen molar-refractivity contribution in [1.82, 2.24) is 4.31 Å². The van der Waals surface area contributed by atoms with Crippen molar-refractivity contribution < 1.29 is 27.9 Å². The molecule has 0 radical (unpaired) electrons. The zero-order chi connectivity index (χ0) is 18.3. The Morgan fingerprint density at radius 3 is 2.29 bits per heavy atom. The van der Waals surface area contributed by atoms with E-state index in [1.807, 2.05) is 0 Å². The summed E-state index contributed by atoms with van der Waals surface area (Å²) in [4.78, 5) is 23.5. The molecule has 1 aromatic rings. The molecule has 0 amide bonds. The monoisotopic (exact) mass is 395 g/mol. The summed E-state index contributed by atoms with van der Waals surface area (Å²) >= 11 is 11.7. The summed E-state index contributed by atoms with van der Waals surface area (Å²) in [7, 11) is -3.11. The number of carboxylic acid groups (broad SMARTS) is 1. The molecule has 2 rings (SSSR count). The Bertz CT molecular complexity index is 776. The van der Waals surface area contributed by atoms with Crippen LogP contribution in [0.4, 0.5) is 0 Å². The molecule has 1 aliphatic rings. The van der Waals surface area contributed by atoms with Crippen molar-refractivity contribution in [2.24, 2.45) is 5.92 Å². The van der Waals surface area contributed by atoms with Crippen molar-refractivity contribution in [1.29, 1.82) is 0 Å². The van der Waals surface area contributed by atoms with E-state index in [0.717, 1.165) is 11.4 Å². The number of carbonyl (C=O) groups excluding carboxylic acids is 1. The van der Waals surface area contributed by atoms with Gasteiger partial charge >= 0.3 is 11.9 Å². The Morgan fingerprint density at radius 1 is 1.29 bits per heavy atom. The third-order valence-corrected chi connectivity index (χ3v) is 6.57. The lowest BCUT2D eigenvalue weighted by Gasteiger charge is -2.33. The molecule has 0 saturated carbocycles. The number of nitrogens with zero attached hydrogens (tertiary/aromatic N) is 1. The molecule has 0 unspecified atom stereocenters. The maximum atomic E-state index is 12.9. The number of methoxy groups -OCH3 is 1. The van der Waals surface area contributed by atoms with Gasteiger partial charge in [-0.3, -0.25) is 9.59 Å². The molecule has 1 aromatic carbocycles. The van der Waals surface area contributed by atoms with Crippen LogP contribution >= 0.6 is 23.2 Å². The Hall–Kier alpha value is -1.35. The van der Waals surface area contributed by atoms with Crippen LogP contribution in [0.25, 0.3) is 0 Å². The van der Waals surface area contributed by atoms with Crippen molar-refractivity contribution in [2.45, 2.75) is 23.8 Å². The van der Waals surface area contributed by atoms with Crippen molar-refractivity contribution in [3.63, 3.8) is 0 Å². The highest BCUT2D eigenvalue weighted by molar-refractivity contribution is 7.89. The molecule has 2 atom stereocenters. The fourth-order valence-electron chi connectivity index (χ4n) is 2.85. The van der Waals surface area contributed by atoms with Gasteiger partial charge in [-0.1, -0.05) is 23.2 Å². The van der Waals surface area contributed by atoms with Gasteiger partial charge in [0.25, 0.3) is 0 Å². The van der Waals surface area contributed by atoms with Crippen LogP contribution in [0.2, 0.25) is 10.0 Å². The van der Waals surface area contributed by atoms with Crippen LogP contribution in [0, 0.1) is 5.92 Å². The van der Waals surface area contributed by atoms with E-state index in [0.29, 0.717) is 0 Å². The summed E-state index contributed by atoms with van der Waals surface area (Å²) in [5.74, 6) is -3.33. The fourth-order valence-corrected chi connectivity index (χ4v) is 5.37. The van der Waals surface area contributed by atoms with Crippen LogP contribution in [-0.2, 0) is 24.3 Å². The first-order valence-corrected chi connectivity index (χ1v) is 9.05. The number of sulfonamides is 1. The molecule has 1 N–H and O–H groups in total. The van der Waals surface area contributed by atoms with Crippen LogP contribution in [-0.4, -0.2) is 49.0 Å². The Morgan fingerprint density at radius 2 is 1.83 bits per heavy atom. The van der Waals surface area contributed by atoms with E-state index in [1.54, 1.807) is 0 Å². The molecule has 24 heavy (non-hydrogen) atoms. The van der Waals surface area contributed by atoms with E-state index in [1.165, 1.54) is 25.1 Å². The van der Waals surface area contributed by atoms with Crippen LogP contribution in [0.3, 0.4) is 0 Å². The lowest BCUT2D eigenvalue weighted by molar-refractivity contribution is -0.158. The van der Waals surface area contributed by atoms with Crippen molar-refractivity contribution in [3.8, 4) is 0 Å². The molecule has 0 aliphatic carbocycles. The molecular weight excluding hydrogens is 381 g/mol. The number of halogens is 2. The van der Waals surface area contributed by atoms with E-state index in [2.05, 4.69) is 4.74 Å². The fraction of sp³-hybridized carbons (Fsp3) is 0.429. The van der Waals surface area contributed by atoms with Crippen molar-refractivity contribution in [3.05, 3.63) is 28.2 Å². The van der Waals surface area contributed by atoms with Gasteiger partial charge < -0.3 is 9.84 Å². The zero-order valence-electron chi connectivity index (χ0n) is 12.8. The predicted octanol–water partition coefficient (Wildman–Crippen LogP) is 2.02. The minimum Gasteiger partial charge on any atom is -0.480 e. The molecule has 132 valence electrons. The number of esters is 1. The van der Waals surface area contributed by atoms with E-state index in [9.17, 15) is 23.1 Å². The van der Waals surface area contributed by atoms with Gasteiger partial charge in [0.05, 0.1) is 17.9 Å². The molecule has 1 saturated heterocycles. The second-order valence-electron chi connectivity index (χ2n) is 5.50. The van der Waals surface area contributed by atoms with E-state index in [-0.39, 0.29) is 27.9 Å². The Kier molecular flexibility index (Phi) is 5.15. The second-order valence-corrected chi connectivity index (χ2v) is 8.23. The molecule has 0 spiro atoms. The van der Waals surface area contributed by atoms with Crippen LogP contribution < -0.4 is 0 Å². The molecule has 0 bridgehead atoms. The summed E-state index contributed by atoms with van der Waals surface area (Å²) in [5.41, 5.74) is -1.97. The lowest BCUT2D eigenvalue weighted by Crippen LogP contribution is -2.55. The molecular formula is C14H15Cl2NO6S. The van der Waals surface area contributed by atoms with E-state index in [4.69, 9.17) is 23.2 Å². The standard InChI is InChI=1S/C14H15Cl2NO6S/c1-14(13(19)20)11(12(18)23-2)3-4-17(14)24(21,22)10-6-8(15)5-9(16)7-10/h5-7,11H,3-4H2,1-2H3,(H,19,20)/t11-,14+/m1/s1. The minimum absolute atomic E-state index is 0.0308. The van der Waals surface area contributed by atoms with Crippen molar-refractivity contribution >= 4 is 45.2 Å². The molecule has 1 fully saturated rings. The SMILES string of the molecule is COC(=O)[C@H]1CCN(S(=O)(=O)c2cc(Cl)cc(Cl)c2)[C@]1(C)C(=O)O. The quantitative estimate of drug-likeness (QED) is 0.782. The molecule has 7 nitrogen and oxygen atoms in total. The first-order valence-electron chi connectivity index (χ1n) is 6.85. The average molecular weight is 396 g/mol. The Balaban J connectivity index is 2.57. The molecule has 0 aromatic heterocycles. The number of benzene rings is 1. The molecule has 1 heterocycles. The lowest BCUT2D eigenvalue weighted by atomic mass is 9.87. The number of aliphatic carboxylic acids is 1.